The molecule has 0 fully saturated rings. The molecule has 0 unspecified atom stereocenters. The van der Waals surface area contributed by atoms with Gasteiger partial charge in [-0.1, -0.05) is 30.3 Å². The number of anilines is 1. The summed E-state index contributed by atoms with van der Waals surface area (Å²) in [6, 6.07) is 9.73. The number of aryl methyl sites for hydroxylation is 1. The summed E-state index contributed by atoms with van der Waals surface area (Å²) in [7, 11) is 0. The summed E-state index contributed by atoms with van der Waals surface area (Å²) in [5, 5.41) is 11.6. The van der Waals surface area contributed by atoms with Crippen molar-refractivity contribution in [2.45, 2.75) is 6.92 Å². The van der Waals surface area contributed by atoms with Crippen molar-refractivity contribution in [2.24, 2.45) is 5.10 Å². The molecule has 0 radical (unpaired) electrons. The molecular weight excluding hydrogens is 240 g/mol. The van der Waals surface area contributed by atoms with Gasteiger partial charge in [-0.3, -0.25) is 0 Å². The lowest BCUT2D eigenvalue weighted by Gasteiger charge is -1.98. The lowest BCUT2D eigenvalue weighted by atomic mass is 10.2. The van der Waals surface area contributed by atoms with Crippen LogP contribution >= 0.6 is 12.4 Å². The van der Waals surface area contributed by atoms with E-state index in [2.05, 4.69) is 20.7 Å². The van der Waals surface area contributed by atoms with E-state index in [0.29, 0.717) is 11.8 Å². The molecule has 0 atom stereocenters. The van der Waals surface area contributed by atoms with Crippen LogP contribution in [0.5, 0.6) is 0 Å². The van der Waals surface area contributed by atoms with Crippen molar-refractivity contribution < 1.29 is 0 Å². The standard InChI is InChI=1S/C10H12N6.ClH/c1-8-13-15-10(16(8)11)14-12-7-9-5-3-2-4-6-9;/h2-7H,11H2,1H3,(H,14,15);1H/b12-7+;. The Morgan fingerprint density at radius 3 is 2.59 bits per heavy atom. The number of hydrazone groups is 1. The van der Waals surface area contributed by atoms with Gasteiger partial charge in [0.05, 0.1) is 6.21 Å². The third kappa shape index (κ3) is 3.18. The van der Waals surface area contributed by atoms with E-state index in [0.717, 1.165) is 5.56 Å². The summed E-state index contributed by atoms with van der Waals surface area (Å²) in [5.41, 5.74) is 3.71. The van der Waals surface area contributed by atoms with Gasteiger partial charge in [0.2, 0.25) is 0 Å². The molecule has 7 heteroatoms. The molecule has 1 aromatic carbocycles. The minimum atomic E-state index is 0. The number of nitrogens with two attached hydrogens (primary N) is 1. The second-order valence-corrected chi connectivity index (χ2v) is 3.22. The van der Waals surface area contributed by atoms with Crippen LogP contribution in [0.15, 0.2) is 35.4 Å². The zero-order valence-electron chi connectivity index (χ0n) is 9.24. The van der Waals surface area contributed by atoms with E-state index in [1.54, 1.807) is 13.1 Å². The topological polar surface area (TPSA) is 81.1 Å². The van der Waals surface area contributed by atoms with Gasteiger partial charge in [-0.05, 0) is 12.5 Å². The number of hydrogen-bond donors (Lipinski definition) is 2. The van der Waals surface area contributed by atoms with Crippen LogP contribution in [0.1, 0.15) is 11.4 Å². The first-order valence-corrected chi connectivity index (χ1v) is 4.78. The Labute approximate surface area is 105 Å². The van der Waals surface area contributed by atoms with Gasteiger partial charge in [-0.15, -0.1) is 22.6 Å². The zero-order chi connectivity index (χ0) is 11.4. The molecule has 0 saturated heterocycles. The quantitative estimate of drug-likeness (QED) is 0.488. The largest absolute Gasteiger partial charge is 0.335 e. The molecule has 1 aromatic heterocycles. The van der Waals surface area contributed by atoms with E-state index >= 15 is 0 Å². The molecule has 0 amide bonds. The molecular formula is C10H13ClN6. The van der Waals surface area contributed by atoms with E-state index in [1.807, 2.05) is 30.3 Å². The average Bonchev–Trinajstić information content (AvgIpc) is 2.62. The van der Waals surface area contributed by atoms with Gasteiger partial charge >= 0.3 is 0 Å². The first kappa shape index (κ1) is 13.0. The summed E-state index contributed by atoms with van der Waals surface area (Å²) in [6.45, 7) is 1.76. The van der Waals surface area contributed by atoms with E-state index in [-0.39, 0.29) is 12.4 Å². The summed E-state index contributed by atoms with van der Waals surface area (Å²) in [4.78, 5) is 0. The van der Waals surface area contributed by atoms with Crippen molar-refractivity contribution in [2.75, 3.05) is 11.3 Å². The summed E-state index contributed by atoms with van der Waals surface area (Å²) >= 11 is 0. The van der Waals surface area contributed by atoms with Gasteiger partial charge in [0.25, 0.3) is 5.95 Å². The fourth-order valence-electron chi connectivity index (χ4n) is 1.15. The smallest absolute Gasteiger partial charge is 0.263 e. The molecule has 2 rings (SSSR count). The van der Waals surface area contributed by atoms with Crippen molar-refractivity contribution in [3.63, 3.8) is 0 Å². The van der Waals surface area contributed by atoms with Gasteiger partial charge < -0.3 is 5.84 Å². The Morgan fingerprint density at radius 1 is 1.29 bits per heavy atom. The highest BCUT2D eigenvalue weighted by molar-refractivity contribution is 5.85. The number of benzene rings is 1. The zero-order valence-corrected chi connectivity index (χ0v) is 10.1. The Kier molecular flexibility index (Phi) is 4.47. The van der Waals surface area contributed by atoms with Crippen LogP contribution in [0.3, 0.4) is 0 Å². The van der Waals surface area contributed by atoms with Gasteiger partial charge in [-0.2, -0.15) is 5.10 Å². The molecule has 0 saturated carbocycles. The molecule has 6 nitrogen and oxygen atoms in total. The van der Waals surface area contributed by atoms with Crippen molar-refractivity contribution in [3.8, 4) is 0 Å². The predicted octanol–water partition coefficient (Wildman–Crippen LogP) is 1.17. The number of nitrogens with zero attached hydrogens (tertiary/aromatic N) is 4. The normalized spacial score (nSPS) is 10.2. The molecule has 0 bridgehead atoms. The van der Waals surface area contributed by atoms with E-state index < -0.39 is 0 Å². The van der Waals surface area contributed by atoms with Crippen LogP contribution in [0.4, 0.5) is 5.95 Å². The summed E-state index contributed by atoms with van der Waals surface area (Å²) < 4.78 is 1.34. The highest BCUT2D eigenvalue weighted by atomic mass is 35.5. The highest BCUT2D eigenvalue weighted by Crippen LogP contribution is 2.01. The lowest BCUT2D eigenvalue weighted by molar-refractivity contribution is 0.926. The third-order valence-electron chi connectivity index (χ3n) is 2.04. The van der Waals surface area contributed by atoms with Gasteiger partial charge in [0.15, 0.2) is 5.82 Å². The number of rotatable bonds is 3. The van der Waals surface area contributed by atoms with E-state index in [4.69, 9.17) is 5.84 Å². The second kappa shape index (κ2) is 5.86. The Morgan fingerprint density at radius 2 is 2.00 bits per heavy atom. The van der Waals surface area contributed by atoms with Crippen molar-refractivity contribution in [1.29, 1.82) is 0 Å². The Bertz CT molecular complexity index is 493. The van der Waals surface area contributed by atoms with E-state index in [9.17, 15) is 0 Å². The molecule has 90 valence electrons. The number of nitrogens with one attached hydrogen (secondary N) is 1. The minimum Gasteiger partial charge on any atom is -0.335 e. The van der Waals surface area contributed by atoms with Crippen molar-refractivity contribution >= 4 is 24.6 Å². The first-order chi connectivity index (χ1) is 7.77. The van der Waals surface area contributed by atoms with E-state index in [1.165, 1.54) is 4.68 Å². The number of aromatic nitrogens is 3. The maximum atomic E-state index is 5.64. The highest BCUT2D eigenvalue weighted by Gasteiger charge is 2.02. The van der Waals surface area contributed by atoms with Crippen LogP contribution in [-0.2, 0) is 0 Å². The minimum absolute atomic E-state index is 0. The second-order valence-electron chi connectivity index (χ2n) is 3.22. The molecule has 0 aliphatic rings. The SMILES string of the molecule is Cc1nnc(N/N=C/c2ccccc2)n1N.Cl. The number of halogens is 1. The fraction of sp³-hybridized carbons (Fsp3) is 0.100. The number of nitrogen functional groups attached to an aromatic ring is 1. The monoisotopic (exact) mass is 252 g/mol. The maximum absolute atomic E-state index is 5.64. The van der Waals surface area contributed by atoms with Crippen molar-refractivity contribution in [1.82, 2.24) is 14.9 Å². The van der Waals surface area contributed by atoms with Crippen molar-refractivity contribution in [3.05, 3.63) is 41.7 Å². The summed E-state index contributed by atoms with van der Waals surface area (Å²) in [6.07, 6.45) is 1.68. The van der Waals surface area contributed by atoms with Crippen LogP contribution in [0.2, 0.25) is 0 Å². The van der Waals surface area contributed by atoms with Gasteiger partial charge in [0, 0.05) is 0 Å². The van der Waals surface area contributed by atoms with Gasteiger partial charge in [0.1, 0.15) is 0 Å². The molecule has 0 spiro atoms. The first-order valence-electron chi connectivity index (χ1n) is 4.78. The Hall–Kier alpha value is -2.08. The maximum Gasteiger partial charge on any atom is 0.263 e. The molecule has 2 aromatic rings. The lowest BCUT2D eigenvalue weighted by Crippen LogP contribution is -2.13. The van der Waals surface area contributed by atoms with Crippen LogP contribution < -0.4 is 11.3 Å². The third-order valence-corrected chi connectivity index (χ3v) is 2.04. The molecule has 0 aliphatic carbocycles. The molecule has 3 N–H and O–H groups in total. The van der Waals surface area contributed by atoms with Crippen LogP contribution in [0.25, 0.3) is 0 Å². The molecule has 0 aliphatic heterocycles. The summed E-state index contributed by atoms with van der Waals surface area (Å²) in [5.74, 6) is 6.67. The number of hydrogen-bond acceptors (Lipinski definition) is 5. The predicted molar refractivity (Wildman–Crippen MR) is 69.8 cm³/mol. The van der Waals surface area contributed by atoms with Crippen LogP contribution in [0, 0.1) is 6.92 Å². The molecule has 17 heavy (non-hydrogen) atoms. The fourth-order valence-corrected chi connectivity index (χ4v) is 1.15. The molecule has 1 heterocycles. The van der Waals surface area contributed by atoms with Crippen LogP contribution in [-0.4, -0.2) is 21.1 Å². The Balaban J connectivity index is 0.00000144. The average molecular weight is 253 g/mol. The van der Waals surface area contributed by atoms with Gasteiger partial charge in [-0.25, -0.2) is 10.1 Å².